The van der Waals surface area contributed by atoms with Crippen molar-refractivity contribution in [3.05, 3.63) is 0 Å². The minimum absolute atomic E-state index is 0.730. The molecule has 6 N–H and O–H groups in total. The van der Waals surface area contributed by atoms with Crippen LogP contribution in [-0.2, 0) is 13.8 Å². The molecule has 16 heavy (non-hydrogen) atoms. The van der Waals surface area contributed by atoms with Crippen LogP contribution in [0.4, 0.5) is 0 Å². The second kappa shape index (κ2) is 5.05. The zero-order valence-corrected chi connectivity index (χ0v) is 8.84. The fourth-order valence-corrected chi connectivity index (χ4v) is 1.58. The van der Waals surface area contributed by atoms with Crippen molar-refractivity contribution in [1.82, 2.24) is 0 Å². The number of aliphatic hydroxyl groups excluding tert-OH is 4. The van der Waals surface area contributed by atoms with Crippen LogP contribution in [-0.4, -0.2) is 67.5 Å². The van der Waals surface area contributed by atoms with Gasteiger partial charge in [-0.05, 0) is 0 Å². The third-order valence-corrected chi connectivity index (χ3v) is 2.58. The molecule has 5 atom stereocenters. The average molecular weight is 260 g/mol. The van der Waals surface area contributed by atoms with Crippen LogP contribution in [0.5, 0.6) is 0 Å². The molecule has 0 aromatic carbocycles. The topological polar surface area (TPSA) is 157 Å². The lowest BCUT2D eigenvalue weighted by atomic mass is 10.00. The number of phosphoric ester groups is 1. The maximum absolute atomic E-state index is 10.4. The first-order valence-corrected chi connectivity index (χ1v) is 5.83. The summed E-state index contributed by atoms with van der Waals surface area (Å²) >= 11 is 0. The minimum atomic E-state index is -4.73. The molecule has 0 saturated carbocycles. The van der Waals surface area contributed by atoms with Crippen molar-refractivity contribution >= 4 is 7.82 Å². The summed E-state index contributed by atoms with van der Waals surface area (Å²) in [4.78, 5) is 16.8. The van der Waals surface area contributed by atoms with Crippen molar-refractivity contribution in [2.75, 3.05) is 6.61 Å². The molecule has 1 saturated heterocycles. The van der Waals surface area contributed by atoms with E-state index in [1.165, 1.54) is 0 Å². The zero-order valence-electron chi connectivity index (χ0n) is 7.95. The molecule has 0 unspecified atom stereocenters. The highest BCUT2D eigenvalue weighted by Gasteiger charge is 2.43. The molecular formula is C6H13O9P. The van der Waals surface area contributed by atoms with E-state index in [2.05, 4.69) is 9.26 Å². The van der Waals surface area contributed by atoms with Gasteiger partial charge in [0, 0.05) is 0 Å². The van der Waals surface area contributed by atoms with Gasteiger partial charge in [0.2, 0.25) is 0 Å². The van der Waals surface area contributed by atoms with Crippen molar-refractivity contribution in [3.8, 4) is 0 Å². The monoisotopic (exact) mass is 260 g/mol. The summed E-state index contributed by atoms with van der Waals surface area (Å²) in [6.45, 7) is -0.730. The fraction of sp³-hybridized carbons (Fsp3) is 1.00. The Bertz CT molecular complexity index is 277. The van der Waals surface area contributed by atoms with E-state index >= 15 is 0 Å². The molecule has 0 spiro atoms. The first-order chi connectivity index (χ1) is 7.22. The summed E-state index contributed by atoms with van der Waals surface area (Å²) < 4.78 is 19.0. The molecule has 0 aromatic rings. The van der Waals surface area contributed by atoms with E-state index in [1.807, 2.05) is 0 Å². The standard InChI is InChI=1S/C6H13O9P/c7-3-2(1-14-16(11,12)13)15-6(10)5(9)4(3)8/h2-10H,1H2,(H2,11,12,13)/t2-,3+,4-,5+,6-/m1/s1. The van der Waals surface area contributed by atoms with Crippen LogP contribution in [0.25, 0.3) is 0 Å². The zero-order chi connectivity index (χ0) is 12.5. The number of rotatable bonds is 3. The molecule has 1 heterocycles. The summed E-state index contributed by atoms with van der Waals surface area (Å²) in [5, 5.41) is 36.7. The van der Waals surface area contributed by atoms with Gasteiger partial charge in [-0.2, -0.15) is 0 Å². The second-order valence-electron chi connectivity index (χ2n) is 3.32. The smallest absolute Gasteiger partial charge is 0.387 e. The normalized spacial score (nSPS) is 41.0. The van der Waals surface area contributed by atoms with E-state index in [-0.39, 0.29) is 0 Å². The Kier molecular flexibility index (Phi) is 4.41. The van der Waals surface area contributed by atoms with Gasteiger partial charge in [0.1, 0.15) is 24.4 Å². The SMILES string of the molecule is O=P(O)(O)OC[C@H]1O[C@@H](O)[C@@H](O)[C@H](O)[C@H]1O. The number of hydrogen-bond donors (Lipinski definition) is 6. The summed E-state index contributed by atoms with van der Waals surface area (Å²) in [5.74, 6) is 0. The van der Waals surface area contributed by atoms with E-state index in [0.717, 1.165) is 0 Å². The molecule has 0 radical (unpaired) electrons. The van der Waals surface area contributed by atoms with Crippen molar-refractivity contribution in [2.45, 2.75) is 30.7 Å². The molecule has 96 valence electrons. The van der Waals surface area contributed by atoms with Gasteiger partial charge < -0.3 is 34.9 Å². The van der Waals surface area contributed by atoms with Crippen LogP contribution >= 0.6 is 7.82 Å². The van der Waals surface area contributed by atoms with Crippen LogP contribution in [0.2, 0.25) is 0 Å². The molecule has 1 aliphatic rings. The molecule has 0 aliphatic carbocycles. The summed E-state index contributed by atoms with van der Waals surface area (Å²) in [6, 6.07) is 0. The molecule has 0 amide bonds. The first kappa shape index (κ1) is 14.0. The Hall–Kier alpha value is -0.0900. The van der Waals surface area contributed by atoms with Gasteiger partial charge in [0.25, 0.3) is 0 Å². The highest BCUT2D eigenvalue weighted by atomic mass is 31.2. The largest absolute Gasteiger partial charge is 0.469 e. The molecule has 10 heteroatoms. The Morgan fingerprint density at radius 3 is 2.12 bits per heavy atom. The highest BCUT2D eigenvalue weighted by molar-refractivity contribution is 7.46. The average Bonchev–Trinajstić information content (AvgIpc) is 2.17. The molecule has 9 nitrogen and oxygen atoms in total. The van der Waals surface area contributed by atoms with Gasteiger partial charge in [-0.15, -0.1) is 0 Å². The van der Waals surface area contributed by atoms with Crippen molar-refractivity contribution in [3.63, 3.8) is 0 Å². The Balaban J connectivity index is 2.57. The summed E-state index contributed by atoms with van der Waals surface area (Å²) in [7, 11) is -4.73. The van der Waals surface area contributed by atoms with E-state index in [1.54, 1.807) is 0 Å². The third-order valence-electron chi connectivity index (χ3n) is 2.09. The van der Waals surface area contributed by atoms with Gasteiger partial charge in [-0.1, -0.05) is 0 Å². The van der Waals surface area contributed by atoms with Gasteiger partial charge in [-0.3, -0.25) is 4.52 Å². The van der Waals surface area contributed by atoms with Gasteiger partial charge >= 0.3 is 7.82 Å². The lowest BCUT2D eigenvalue weighted by Crippen LogP contribution is -2.58. The van der Waals surface area contributed by atoms with E-state index in [9.17, 15) is 14.8 Å². The lowest BCUT2D eigenvalue weighted by molar-refractivity contribution is -0.285. The van der Waals surface area contributed by atoms with Crippen LogP contribution < -0.4 is 0 Å². The van der Waals surface area contributed by atoms with Gasteiger partial charge in [0.05, 0.1) is 6.61 Å². The first-order valence-electron chi connectivity index (χ1n) is 4.30. The van der Waals surface area contributed by atoms with Crippen LogP contribution in [0.1, 0.15) is 0 Å². The number of ether oxygens (including phenoxy) is 1. The van der Waals surface area contributed by atoms with Crippen molar-refractivity contribution < 1.29 is 44.0 Å². The quantitative estimate of drug-likeness (QED) is 0.289. The number of aliphatic hydroxyl groups is 4. The van der Waals surface area contributed by atoms with Crippen LogP contribution in [0.3, 0.4) is 0 Å². The summed E-state index contributed by atoms with van der Waals surface area (Å²) in [5.41, 5.74) is 0. The van der Waals surface area contributed by atoms with E-state index < -0.39 is 45.1 Å². The lowest BCUT2D eigenvalue weighted by Gasteiger charge is -2.38. The predicted molar refractivity (Wildman–Crippen MR) is 46.9 cm³/mol. The number of hydrogen-bond acceptors (Lipinski definition) is 7. The van der Waals surface area contributed by atoms with Crippen LogP contribution in [0, 0.1) is 0 Å². The minimum Gasteiger partial charge on any atom is -0.387 e. The molecule has 1 fully saturated rings. The Morgan fingerprint density at radius 2 is 1.62 bits per heavy atom. The molecule has 1 rings (SSSR count). The summed E-state index contributed by atoms with van der Waals surface area (Å²) in [6.07, 6.45) is -8.11. The molecule has 0 aromatic heterocycles. The number of phosphoric acid groups is 1. The highest BCUT2D eigenvalue weighted by Crippen LogP contribution is 2.36. The van der Waals surface area contributed by atoms with Gasteiger partial charge in [-0.25, -0.2) is 4.57 Å². The second-order valence-corrected chi connectivity index (χ2v) is 4.56. The fourth-order valence-electron chi connectivity index (χ4n) is 1.24. The maximum Gasteiger partial charge on any atom is 0.469 e. The molecule has 1 aliphatic heterocycles. The molecular weight excluding hydrogens is 247 g/mol. The van der Waals surface area contributed by atoms with Crippen LogP contribution in [0.15, 0.2) is 0 Å². The van der Waals surface area contributed by atoms with Gasteiger partial charge in [0.15, 0.2) is 6.29 Å². The van der Waals surface area contributed by atoms with Crippen molar-refractivity contribution in [2.24, 2.45) is 0 Å². The van der Waals surface area contributed by atoms with Crippen molar-refractivity contribution in [1.29, 1.82) is 0 Å². The van der Waals surface area contributed by atoms with E-state index in [4.69, 9.17) is 20.0 Å². The van der Waals surface area contributed by atoms with E-state index in [0.29, 0.717) is 0 Å². The Morgan fingerprint density at radius 1 is 1.06 bits per heavy atom. The maximum atomic E-state index is 10.4. The molecule has 0 bridgehead atoms. The predicted octanol–water partition coefficient (Wildman–Crippen LogP) is -3.10. The Labute approximate surface area is 90.1 Å². The third kappa shape index (κ3) is 3.45.